The molecule has 8 atom stereocenters. The molecule has 2 aliphatic rings. The van der Waals surface area contributed by atoms with Crippen molar-refractivity contribution in [2.45, 2.75) is 110 Å². The lowest BCUT2D eigenvalue weighted by Gasteiger charge is -2.36. The van der Waals surface area contributed by atoms with E-state index >= 15 is 0 Å². The Hall–Kier alpha value is -6.11. The number of nitrogens with zero attached hydrogens (tertiary/aromatic N) is 2. The number of rotatable bonds is 10. The highest BCUT2D eigenvalue weighted by Crippen LogP contribution is 2.25. The maximum atomic E-state index is 14.5. The van der Waals surface area contributed by atoms with Crippen LogP contribution >= 0.6 is 0 Å². The van der Waals surface area contributed by atoms with Gasteiger partial charge in [0, 0.05) is 44.0 Å². The van der Waals surface area contributed by atoms with E-state index < -0.39 is 108 Å². The summed E-state index contributed by atoms with van der Waals surface area (Å²) in [6, 6.07) is 2.80. The second-order valence-corrected chi connectivity index (χ2v) is 16.4. The number of hydrogen-bond donors (Lipinski definition) is 7. The van der Waals surface area contributed by atoms with Crippen molar-refractivity contribution < 1.29 is 57.6 Å². The summed E-state index contributed by atoms with van der Waals surface area (Å²) >= 11 is 0. The molecule has 0 saturated carbocycles. The molecule has 64 heavy (non-hydrogen) atoms. The molecule has 0 radical (unpaired) electrons. The molecule has 0 spiro atoms. The number of aromatic nitrogens is 1. The number of amides is 4. The summed E-state index contributed by atoms with van der Waals surface area (Å²) in [6.45, 7) is 7.83. The fourth-order valence-electron chi connectivity index (χ4n) is 7.11. The number of halogens is 2. The Morgan fingerprint density at radius 2 is 1.81 bits per heavy atom. The lowest BCUT2D eigenvalue weighted by atomic mass is 9.84. The largest absolute Gasteiger partial charge is 0.505 e. The van der Waals surface area contributed by atoms with Crippen molar-refractivity contribution in [3.8, 4) is 5.75 Å². The number of esters is 1. The van der Waals surface area contributed by atoms with Crippen LogP contribution in [0.5, 0.6) is 5.75 Å². The number of ether oxygens (including phenoxy) is 1. The second-order valence-electron chi connectivity index (χ2n) is 16.4. The van der Waals surface area contributed by atoms with Crippen LogP contribution in [0.15, 0.2) is 84.6 Å². The average Bonchev–Trinajstić information content (AvgIpc) is 3.25. The first-order chi connectivity index (χ1) is 30.4. The molecule has 0 aliphatic carbocycles. The molecule has 1 fully saturated rings. The predicted octanol–water partition coefficient (Wildman–Crippen LogP) is 3.64. The zero-order valence-electron chi connectivity index (χ0n) is 36.5. The Morgan fingerprint density at radius 1 is 1.06 bits per heavy atom. The molecule has 1 aromatic heterocycles. The summed E-state index contributed by atoms with van der Waals surface area (Å²) in [4.78, 5) is 84.8. The Bertz CT molecular complexity index is 2090. The molecule has 3 heterocycles. The van der Waals surface area contributed by atoms with Crippen LogP contribution in [0, 0.1) is 29.4 Å². The number of hydrazine groups is 1. The van der Waals surface area contributed by atoms with Gasteiger partial charge in [-0.1, -0.05) is 63.3 Å². The molecular formula is C46H58F2N6O10. The second kappa shape index (κ2) is 24.1. The fraction of sp³-hybridized carbons (Fsp3) is 0.457. The van der Waals surface area contributed by atoms with Crippen molar-refractivity contribution in [1.82, 2.24) is 26.1 Å². The van der Waals surface area contributed by atoms with Crippen molar-refractivity contribution in [2.75, 3.05) is 11.9 Å². The number of fused-ring (bicyclic) bond motifs is 2. The minimum absolute atomic E-state index is 0.0604. The van der Waals surface area contributed by atoms with Crippen molar-refractivity contribution in [3.05, 3.63) is 102 Å². The standard InChI is InChI=1S/C46H58F2N6O10/c1-26(2)41-44(61)50-34(24-30-23-32(47)40(48)36(57)25-30)45(62)54-22-12-14-33(53-54)46(63)64-37(27(3)13-11-18-39(58)51-38-17-9-10-21-49-38)16-8-6-7-15-35(56)29(5)42(59)31(43(60)52-41)20-19-28(4)55/h6-11,13,15,17-18,21,23,25-26,29,31,33-35,37,41-42,53,56-57,59H,12,14,16,19-20,22,24H2,1-5H3,(H,50,61)(H,52,60)(H,49,51,58). The Labute approximate surface area is 370 Å². The number of nitrogens with one attached hydrogen (secondary N) is 4. The van der Waals surface area contributed by atoms with Crippen molar-refractivity contribution >= 4 is 41.2 Å². The molecule has 4 amide bonds. The van der Waals surface area contributed by atoms with Gasteiger partial charge in [-0.3, -0.25) is 29.0 Å². The minimum Gasteiger partial charge on any atom is -0.505 e. The summed E-state index contributed by atoms with van der Waals surface area (Å²) in [5.74, 6) is -10.3. The zero-order valence-corrected chi connectivity index (χ0v) is 36.5. The third-order valence-corrected chi connectivity index (χ3v) is 10.9. The Kier molecular flexibility index (Phi) is 19.0. The van der Waals surface area contributed by atoms with Crippen LogP contribution in [0.25, 0.3) is 0 Å². The van der Waals surface area contributed by atoms with Crippen molar-refractivity contribution in [2.24, 2.45) is 17.8 Å². The van der Waals surface area contributed by atoms with Crippen LogP contribution in [0.3, 0.4) is 0 Å². The number of aliphatic hydroxyl groups excluding tert-OH is 2. The van der Waals surface area contributed by atoms with Gasteiger partial charge in [0.25, 0.3) is 5.91 Å². The molecule has 2 aromatic rings. The third kappa shape index (κ3) is 14.7. The highest BCUT2D eigenvalue weighted by molar-refractivity contribution is 5.98. The van der Waals surface area contributed by atoms with E-state index in [0.717, 1.165) is 17.1 Å². The van der Waals surface area contributed by atoms with E-state index in [2.05, 4.69) is 26.4 Å². The number of cyclic esters (lactones) is 1. The quantitative estimate of drug-likeness (QED) is 0.103. The lowest BCUT2D eigenvalue weighted by Crippen LogP contribution is -2.62. The summed E-state index contributed by atoms with van der Waals surface area (Å²) in [6.07, 6.45) is 8.38. The number of anilines is 1. The van der Waals surface area contributed by atoms with E-state index in [-0.39, 0.29) is 43.6 Å². The van der Waals surface area contributed by atoms with Crippen molar-refractivity contribution in [3.63, 3.8) is 0 Å². The van der Waals surface area contributed by atoms with Crippen LogP contribution in [-0.4, -0.2) is 104 Å². The number of phenols is 1. The van der Waals surface area contributed by atoms with Crippen molar-refractivity contribution in [1.29, 1.82) is 0 Å². The molecule has 2 aliphatic heterocycles. The number of pyridine rings is 1. The van der Waals surface area contributed by atoms with Crippen LogP contribution in [0.1, 0.15) is 72.3 Å². The summed E-state index contributed by atoms with van der Waals surface area (Å²) in [7, 11) is 0. The number of allylic oxidation sites excluding steroid dienone is 4. The normalized spacial score (nSPS) is 25.8. The summed E-state index contributed by atoms with van der Waals surface area (Å²) in [5, 5.41) is 41.6. The number of carbonyl (C=O) groups is 6. The maximum absolute atomic E-state index is 14.5. The smallest absolute Gasteiger partial charge is 0.325 e. The van der Waals surface area contributed by atoms with Gasteiger partial charge in [-0.2, -0.15) is 4.39 Å². The average molecular weight is 893 g/mol. The molecule has 1 saturated heterocycles. The third-order valence-electron chi connectivity index (χ3n) is 10.9. The molecule has 1 aromatic carbocycles. The first-order valence-electron chi connectivity index (χ1n) is 21.2. The molecule has 18 heteroatoms. The predicted molar refractivity (Wildman–Crippen MR) is 231 cm³/mol. The van der Waals surface area contributed by atoms with Gasteiger partial charge in [0.15, 0.2) is 17.4 Å². The molecule has 8 unspecified atom stereocenters. The molecule has 4 rings (SSSR count). The first kappa shape index (κ1) is 50.5. The molecular weight excluding hydrogens is 835 g/mol. The number of aromatic hydroxyl groups is 1. The van der Waals surface area contributed by atoms with E-state index in [0.29, 0.717) is 17.8 Å². The van der Waals surface area contributed by atoms with E-state index in [1.54, 1.807) is 57.2 Å². The molecule has 16 nitrogen and oxygen atoms in total. The van der Waals surface area contributed by atoms with Gasteiger partial charge in [0.05, 0.1) is 18.1 Å². The van der Waals surface area contributed by atoms with E-state index in [1.807, 2.05) is 0 Å². The zero-order chi connectivity index (χ0) is 47.1. The van der Waals surface area contributed by atoms with Gasteiger partial charge in [0.2, 0.25) is 17.7 Å². The highest BCUT2D eigenvalue weighted by atomic mass is 19.2. The number of carbonyl (C=O) groups excluding carboxylic acids is 6. The van der Waals surface area contributed by atoms with Gasteiger partial charge in [-0.15, -0.1) is 0 Å². The number of Topliss-reactive ketones (excluding diaryl/α,β-unsaturated/α-hetero) is 1. The van der Waals surface area contributed by atoms with Gasteiger partial charge in [-0.05, 0) is 74.4 Å². The lowest BCUT2D eigenvalue weighted by molar-refractivity contribution is -0.156. The number of hydrogen-bond acceptors (Lipinski definition) is 12. The summed E-state index contributed by atoms with van der Waals surface area (Å²) in [5.41, 5.74) is 3.35. The Morgan fingerprint density at radius 3 is 2.48 bits per heavy atom. The van der Waals surface area contributed by atoms with Crippen LogP contribution in [-0.2, 0) is 39.9 Å². The van der Waals surface area contributed by atoms with E-state index in [4.69, 9.17) is 4.74 Å². The monoisotopic (exact) mass is 892 g/mol. The summed E-state index contributed by atoms with van der Waals surface area (Å²) < 4.78 is 34.6. The molecule has 7 N–H and O–H groups in total. The number of aliphatic hydroxyl groups is 2. The maximum Gasteiger partial charge on any atom is 0.325 e. The van der Waals surface area contributed by atoms with Gasteiger partial charge in [-0.25, -0.2) is 14.8 Å². The van der Waals surface area contributed by atoms with E-state index in [9.17, 15) is 52.9 Å². The van der Waals surface area contributed by atoms with Crippen LogP contribution in [0.2, 0.25) is 0 Å². The number of benzene rings is 1. The number of ketones is 1. The van der Waals surface area contributed by atoms with Gasteiger partial charge in [0.1, 0.15) is 35.8 Å². The van der Waals surface area contributed by atoms with Gasteiger partial charge >= 0.3 is 5.97 Å². The SMILES string of the molecule is CC(=O)CCC1C(=O)NC(C(C)C)C(=O)NC(Cc2cc(O)c(F)c(F)c2)C(=O)N2CCCC(N2)C(=O)OC(C(C)=CC=CC(=O)Nc2ccccn2)CC=CC=CC(O)C(C)C1O. The van der Waals surface area contributed by atoms with Crippen LogP contribution in [0.4, 0.5) is 14.6 Å². The topological polar surface area (TPSA) is 237 Å². The first-order valence-corrected chi connectivity index (χ1v) is 21.2. The minimum atomic E-state index is -1.53. The van der Waals surface area contributed by atoms with Crippen LogP contribution < -0.4 is 21.4 Å². The molecule has 346 valence electrons. The van der Waals surface area contributed by atoms with Gasteiger partial charge < -0.3 is 40.8 Å². The molecule has 2 bridgehead atoms. The van der Waals surface area contributed by atoms with E-state index in [1.165, 1.54) is 44.3 Å². The number of phenolic OH excluding ortho intramolecular Hbond substituents is 1. The fourth-order valence-corrected chi connectivity index (χ4v) is 7.11. The highest BCUT2D eigenvalue weighted by Gasteiger charge is 2.39. The Balaban J connectivity index is 1.72.